The van der Waals surface area contributed by atoms with Crippen molar-refractivity contribution in [2.75, 3.05) is 0 Å². The Hall–Kier alpha value is -3.54. The van der Waals surface area contributed by atoms with Crippen molar-refractivity contribution in [3.8, 4) is 5.69 Å². The van der Waals surface area contributed by atoms with Gasteiger partial charge in [-0.3, -0.25) is 14.2 Å². The van der Waals surface area contributed by atoms with E-state index in [0.29, 0.717) is 16.6 Å². The van der Waals surface area contributed by atoms with Gasteiger partial charge in [0, 0.05) is 5.56 Å². The van der Waals surface area contributed by atoms with E-state index >= 15 is 0 Å². The number of benzene rings is 2. The van der Waals surface area contributed by atoms with E-state index in [-0.39, 0.29) is 17.9 Å². The summed E-state index contributed by atoms with van der Waals surface area (Å²) in [5.74, 6) is -0.112. The van der Waals surface area contributed by atoms with Crippen molar-refractivity contribution in [2.24, 2.45) is 0 Å². The van der Waals surface area contributed by atoms with Crippen molar-refractivity contribution in [3.05, 3.63) is 87.6 Å². The third kappa shape index (κ3) is 3.03. The molecule has 4 rings (SSSR count). The van der Waals surface area contributed by atoms with Crippen LogP contribution in [-0.2, 0) is 6.54 Å². The number of hydrogen-bond donors (Lipinski definition) is 0. The highest BCUT2D eigenvalue weighted by Crippen LogP contribution is 2.17. The number of Topliss-reactive ketones (excluding diaryl/α,β-unsaturated/α-hetero) is 1. The Morgan fingerprint density at radius 3 is 2.46 bits per heavy atom. The van der Waals surface area contributed by atoms with Crippen LogP contribution < -0.4 is 5.56 Å². The van der Waals surface area contributed by atoms with Gasteiger partial charge in [-0.25, -0.2) is 9.67 Å². The minimum atomic E-state index is -0.276. The molecule has 0 unspecified atom stereocenters. The molecule has 28 heavy (non-hydrogen) atoms. The molecular weight excluding hydrogens is 352 g/mol. The molecule has 0 spiro atoms. The molecule has 2 aromatic heterocycles. The second-order valence-corrected chi connectivity index (χ2v) is 6.98. The van der Waals surface area contributed by atoms with E-state index in [1.165, 1.54) is 17.1 Å². The first-order chi connectivity index (χ1) is 13.5. The van der Waals surface area contributed by atoms with E-state index in [1.807, 2.05) is 63.2 Å². The quantitative estimate of drug-likeness (QED) is 0.515. The van der Waals surface area contributed by atoms with Crippen LogP contribution in [0.1, 0.15) is 27.0 Å². The minimum Gasteiger partial charge on any atom is -0.292 e. The van der Waals surface area contributed by atoms with Crippen LogP contribution in [0.5, 0.6) is 0 Å². The highest BCUT2D eigenvalue weighted by Gasteiger charge is 2.15. The van der Waals surface area contributed by atoms with Gasteiger partial charge in [-0.1, -0.05) is 24.3 Å². The van der Waals surface area contributed by atoms with Crippen molar-refractivity contribution in [2.45, 2.75) is 27.3 Å². The summed E-state index contributed by atoms with van der Waals surface area (Å²) in [7, 11) is 0. The predicted octanol–water partition coefficient (Wildman–Crippen LogP) is 3.39. The average molecular weight is 372 g/mol. The maximum Gasteiger partial charge on any atom is 0.264 e. The number of carbonyl (C=O) groups excluding carboxylic acids is 1. The van der Waals surface area contributed by atoms with Crippen LogP contribution in [0, 0.1) is 20.8 Å². The molecule has 6 nitrogen and oxygen atoms in total. The summed E-state index contributed by atoms with van der Waals surface area (Å²) >= 11 is 0. The largest absolute Gasteiger partial charge is 0.292 e. The molecule has 0 saturated carbocycles. The van der Waals surface area contributed by atoms with Gasteiger partial charge in [-0.2, -0.15) is 5.10 Å². The van der Waals surface area contributed by atoms with Gasteiger partial charge in [0.2, 0.25) is 0 Å². The Balaban J connectivity index is 1.71. The molecule has 0 amide bonds. The van der Waals surface area contributed by atoms with Gasteiger partial charge in [-0.15, -0.1) is 0 Å². The summed E-state index contributed by atoms with van der Waals surface area (Å²) in [6.07, 6.45) is 2.92. The Morgan fingerprint density at radius 1 is 1.00 bits per heavy atom. The first kappa shape index (κ1) is 17.9. The Kier molecular flexibility index (Phi) is 4.39. The maximum absolute atomic E-state index is 12.9. The molecule has 0 radical (unpaired) electrons. The summed E-state index contributed by atoms with van der Waals surface area (Å²) in [5.41, 5.74) is 4.76. The van der Waals surface area contributed by atoms with E-state index < -0.39 is 0 Å². The van der Waals surface area contributed by atoms with Crippen LogP contribution in [0.2, 0.25) is 0 Å². The van der Waals surface area contributed by atoms with Gasteiger partial charge in [-0.05, 0) is 55.7 Å². The van der Waals surface area contributed by atoms with Crippen LogP contribution >= 0.6 is 0 Å². The zero-order valence-corrected chi connectivity index (χ0v) is 16.0. The van der Waals surface area contributed by atoms with E-state index in [0.717, 1.165) is 22.4 Å². The smallest absolute Gasteiger partial charge is 0.264 e. The summed E-state index contributed by atoms with van der Waals surface area (Å²) in [4.78, 5) is 30.1. The molecule has 0 aliphatic rings. The standard InChI is InChI=1S/C22H20N4O2/c1-14-9-16(3)18(10-15(14)2)20(27)12-25-13-23-21-19(22(25)28)11-24-26(21)17-7-5-4-6-8-17/h4-11,13H,12H2,1-3H3. The Bertz CT molecular complexity index is 1250. The Labute approximate surface area is 162 Å². The molecule has 6 heteroatoms. The topological polar surface area (TPSA) is 69.8 Å². The van der Waals surface area contributed by atoms with E-state index in [4.69, 9.17) is 0 Å². The molecule has 0 atom stereocenters. The number of para-hydroxylation sites is 1. The number of fused-ring (bicyclic) bond motifs is 1. The lowest BCUT2D eigenvalue weighted by Gasteiger charge is -2.10. The average Bonchev–Trinajstić information content (AvgIpc) is 3.12. The zero-order valence-electron chi connectivity index (χ0n) is 16.0. The van der Waals surface area contributed by atoms with Crippen molar-refractivity contribution in [3.63, 3.8) is 0 Å². The van der Waals surface area contributed by atoms with Crippen LogP contribution in [0.25, 0.3) is 16.7 Å². The van der Waals surface area contributed by atoms with E-state index in [2.05, 4.69) is 10.1 Å². The maximum atomic E-state index is 12.9. The van der Waals surface area contributed by atoms with Crippen LogP contribution in [-0.4, -0.2) is 25.1 Å². The SMILES string of the molecule is Cc1cc(C)c(C(=O)Cn2cnc3c(cnn3-c3ccccc3)c2=O)cc1C. The molecule has 140 valence electrons. The van der Waals surface area contributed by atoms with Crippen molar-refractivity contribution in [1.82, 2.24) is 19.3 Å². The van der Waals surface area contributed by atoms with Gasteiger partial charge in [0.15, 0.2) is 11.4 Å². The second kappa shape index (κ2) is 6.88. The normalized spacial score (nSPS) is 11.1. The summed E-state index contributed by atoms with van der Waals surface area (Å²) in [6, 6.07) is 13.4. The molecule has 0 aliphatic heterocycles. The second-order valence-electron chi connectivity index (χ2n) is 6.98. The zero-order chi connectivity index (χ0) is 19.8. The highest BCUT2D eigenvalue weighted by molar-refractivity contribution is 5.97. The number of aromatic nitrogens is 4. The first-order valence-corrected chi connectivity index (χ1v) is 9.05. The van der Waals surface area contributed by atoms with Gasteiger partial charge < -0.3 is 0 Å². The number of ketones is 1. The highest BCUT2D eigenvalue weighted by atomic mass is 16.1. The molecule has 2 heterocycles. The molecule has 0 aliphatic carbocycles. The fourth-order valence-electron chi connectivity index (χ4n) is 3.32. The first-order valence-electron chi connectivity index (χ1n) is 9.05. The number of hydrogen-bond acceptors (Lipinski definition) is 4. The minimum absolute atomic E-state index is 0.0539. The van der Waals surface area contributed by atoms with Crippen LogP contribution in [0.4, 0.5) is 0 Å². The molecule has 0 bridgehead atoms. The van der Waals surface area contributed by atoms with E-state index in [1.54, 1.807) is 4.68 Å². The van der Waals surface area contributed by atoms with Gasteiger partial charge in [0.05, 0.1) is 18.4 Å². The van der Waals surface area contributed by atoms with E-state index in [9.17, 15) is 9.59 Å². The fraction of sp³-hybridized carbons (Fsp3) is 0.182. The number of rotatable bonds is 4. The molecule has 4 aromatic rings. The summed E-state index contributed by atoms with van der Waals surface area (Å²) in [5, 5.41) is 4.68. The van der Waals surface area contributed by atoms with Gasteiger partial charge in [0.25, 0.3) is 5.56 Å². The van der Waals surface area contributed by atoms with Gasteiger partial charge >= 0.3 is 0 Å². The molecule has 0 fully saturated rings. The summed E-state index contributed by atoms with van der Waals surface area (Å²) in [6.45, 7) is 5.85. The fourth-order valence-corrected chi connectivity index (χ4v) is 3.32. The number of carbonyl (C=O) groups is 1. The predicted molar refractivity (Wildman–Crippen MR) is 108 cm³/mol. The molecule has 2 aromatic carbocycles. The third-order valence-corrected chi connectivity index (χ3v) is 5.01. The lowest BCUT2D eigenvalue weighted by Crippen LogP contribution is -2.25. The third-order valence-electron chi connectivity index (χ3n) is 5.01. The van der Waals surface area contributed by atoms with Crippen molar-refractivity contribution < 1.29 is 4.79 Å². The molecular formula is C22H20N4O2. The van der Waals surface area contributed by atoms with Gasteiger partial charge in [0.1, 0.15) is 11.7 Å². The molecule has 0 N–H and O–H groups in total. The Morgan fingerprint density at radius 2 is 1.71 bits per heavy atom. The monoisotopic (exact) mass is 372 g/mol. The number of aryl methyl sites for hydroxylation is 3. The lowest BCUT2D eigenvalue weighted by molar-refractivity contribution is 0.0970. The van der Waals surface area contributed by atoms with Crippen molar-refractivity contribution in [1.29, 1.82) is 0 Å². The summed E-state index contributed by atoms with van der Waals surface area (Å²) < 4.78 is 2.96. The number of nitrogens with zero attached hydrogens (tertiary/aromatic N) is 4. The van der Waals surface area contributed by atoms with Crippen LogP contribution in [0.3, 0.4) is 0 Å². The molecule has 0 saturated heterocycles. The lowest BCUT2D eigenvalue weighted by atomic mass is 9.98. The van der Waals surface area contributed by atoms with Crippen LogP contribution in [0.15, 0.2) is 59.8 Å². The van der Waals surface area contributed by atoms with Crippen molar-refractivity contribution >= 4 is 16.8 Å².